The summed E-state index contributed by atoms with van der Waals surface area (Å²) in [5.41, 5.74) is 3.26. The van der Waals surface area contributed by atoms with E-state index >= 15 is 0 Å². The largest absolute Gasteiger partial charge is 0.130 e. The van der Waals surface area contributed by atoms with Crippen LogP contribution < -0.4 is 0 Å². The second-order valence-electron chi connectivity index (χ2n) is 4.63. The van der Waals surface area contributed by atoms with Crippen molar-refractivity contribution in [3.8, 4) is 0 Å². The summed E-state index contributed by atoms with van der Waals surface area (Å²) in [6.07, 6.45) is 19.3. The van der Waals surface area contributed by atoms with Crippen LogP contribution in [0.1, 0.15) is 84.5 Å². The molecule has 0 rings (SSSR count). The van der Waals surface area contributed by atoms with Crippen LogP contribution in [0.2, 0.25) is 0 Å². The summed E-state index contributed by atoms with van der Waals surface area (Å²) in [6.45, 7) is 4.48. The molecule has 0 aliphatic heterocycles. The second kappa shape index (κ2) is 14.5. The van der Waals surface area contributed by atoms with Gasteiger partial charge >= 0.3 is 0 Å². The van der Waals surface area contributed by atoms with E-state index in [0.717, 1.165) is 0 Å². The van der Waals surface area contributed by atoms with Crippen LogP contribution in [-0.2, 0) is 0 Å². The lowest BCUT2D eigenvalue weighted by Gasteiger charge is -1.99. The standard InChI is InChI=1S/C16H30/c1-3-5-7-9-11-13-15-16-14-12-10-8-6-4-2/h7,11H,3-6,8,10,12-16H2,1-2H3. The number of unbranched alkanes of at least 4 members (excludes halogenated alkanes) is 9. The fraction of sp³-hybridized carbons (Fsp3) is 0.812. The maximum absolute atomic E-state index is 3.26. The third-order valence-electron chi connectivity index (χ3n) is 2.87. The summed E-state index contributed by atoms with van der Waals surface area (Å²) in [5, 5.41) is 0. The van der Waals surface area contributed by atoms with Gasteiger partial charge in [0.05, 0.1) is 0 Å². The Balaban J connectivity index is 3.06. The van der Waals surface area contributed by atoms with Crippen LogP contribution in [-0.4, -0.2) is 0 Å². The van der Waals surface area contributed by atoms with E-state index < -0.39 is 0 Å². The highest BCUT2D eigenvalue weighted by atomic mass is 14.0. The average molecular weight is 222 g/mol. The van der Waals surface area contributed by atoms with Gasteiger partial charge in [0.25, 0.3) is 0 Å². The number of rotatable bonds is 11. The molecule has 0 unspecified atom stereocenters. The van der Waals surface area contributed by atoms with Crippen LogP contribution in [0.5, 0.6) is 0 Å². The monoisotopic (exact) mass is 222 g/mol. The van der Waals surface area contributed by atoms with Gasteiger partial charge in [-0.2, -0.15) is 0 Å². The Labute approximate surface area is 103 Å². The Kier molecular flexibility index (Phi) is 14.1. The summed E-state index contributed by atoms with van der Waals surface area (Å²) in [7, 11) is 0. The van der Waals surface area contributed by atoms with Crippen molar-refractivity contribution in [3.63, 3.8) is 0 Å². The Morgan fingerprint density at radius 1 is 0.625 bits per heavy atom. The Morgan fingerprint density at radius 3 is 1.81 bits per heavy atom. The van der Waals surface area contributed by atoms with E-state index in [4.69, 9.17) is 0 Å². The summed E-state index contributed by atoms with van der Waals surface area (Å²) >= 11 is 0. The Bertz CT molecular complexity index is 172. The molecule has 0 N–H and O–H groups in total. The normalized spacial score (nSPS) is 9.88. The molecule has 16 heavy (non-hydrogen) atoms. The van der Waals surface area contributed by atoms with E-state index in [-0.39, 0.29) is 0 Å². The van der Waals surface area contributed by atoms with Crippen molar-refractivity contribution in [2.45, 2.75) is 84.5 Å². The molecule has 0 saturated heterocycles. The molecular weight excluding hydrogens is 192 g/mol. The van der Waals surface area contributed by atoms with Crippen LogP contribution in [0.15, 0.2) is 17.9 Å². The molecule has 0 heterocycles. The molecule has 0 nitrogen and oxygen atoms in total. The minimum atomic E-state index is 1.17. The van der Waals surface area contributed by atoms with E-state index in [2.05, 4.69) is 31.7 Å². The third kappa shape index (κ3) is 13.5. The van der Waals surface area contributed by atoms with Gasteiger partial charge in [-0.15, -0.1) is 5.73 Å². The SMILES string of the molecule is CCCC=C=CCCCCCCCCCC. The predicted molar refractivity (Wildman–Crippen MR) is 74.8 cm³/mol. The summed E-state index contributed by atoms with van der Waals surface area (Å²) in [6, 6.07) is 0. The van der Waals surface area contributed by atoms with Crippen molar-refractivity contribution < 1.29 is 0 Å². The van der Waals surface area contributed by atoms with E-state index in [1.165, 1.54) is 70.6 Å². The van der Waals surface area contributed by atoms with Crippen molar-refractivity contribution >= 4 is 0 Å². The molecular formula is C16H30. The van der Waals surface area contributed by atoms with Gasteiger partial charge in [0.2, 0.25) is 0 Å². The fourth-order valence-electron chi connectivity index (χ4n) is 1.77. The van der Waals surface area contributed by atoms with Gasteiger partial charge in [-0.1, -0.05) is 65.2 Å². The third-order valence-corrected chi connectivity index (χ3v) is 2.87. The molecule has 0 aromatic rings. The predicted octanol–water partition coefficient (Wildman–Crippen LogP) is 6.03. The molecule has 94 valence electrons. The molecule has 0 spiro atoms. The molecule has 0 aromatic carbocycles. The van der Waals surface area contributed by atoms with Crippen LogP contribution in [0.4, 0.5) is 0 Å². The molecule has 0 atom stereocenters. The van der Waals surface area contributed by atoms with Gasteiger partial charge < -0.3 is 0 Å². The molecule has 0 amide bonds. The smallest absolute Gasteiger partial charge is 0.0274 e. The topological polar surface area (TPSA) is 0 Å². The van der Waals surface area contributed by atoms with Crippen molar-refractivity contribution in [2.75, 3.05) is 0 Å². The van der Waals surface area contributed by atoms with Crippen molar-refractivity contribution in [1.82, 2.24) is 0 Å². The molecule has 0 aliphatic carbocycles. The van der Waals surface area contributed by atoms with Gasteiger partial charge in [0, 0.05) is 0 Å². The lowest BCUT2D eigenvalue weighted by molar-refractivity contribution is 0.577. The first-order valence-corrected chi connectivity index (χ1v) is 7.31. The molecule has 0 aromatic heterocycles. The van der Waals surface area contributed by atoms with Gasteiger partial charge in [-0.05, 0) is 31.4 Å². The van der Waals surface area contributed by atoms with Gasteiger partial charge in [0.1, 0.15) is 0 Å². The van der Waals surface area contributed by atoms with Gasteiger partial charge in [-0.25, -0.2) is 0 Å². The first-order chi connectivity index (χ1) is 7.91. The zero-order valence-electron chi connectivity index (χ0n) is 11.4. The molecule has 0 aliphatic rings. The van der Waals surface area contributed by atoms with Crippen molar-refractivity contribution in [1.29, 1.82) is 0 Å². The number of hydrogen-bond donors (Lipinski definition) is 0. The van der Waals surface area contributed by atoms with E-state index in [1.807, 2.05) is 0 Å². The quantitative estimate of drug-likeness (QED) is 0.296. The fourth-order valence-corrected chi connectivity index (χ4v) is 1.77. The Morgan fingerprint density at radius 2 is 1.19 bits per heavy atom. The minimum absolute atomic E-state index is 1.17. The summed E-state index contributed by atoms with van der Waals surface area (Å²) in [5.74, 6) is 0. The van der Waals surface area contributed by atoms with Crippen LogP contribution in [0.25, 0.3) is 0 Å². The molecule has 0 saturated carbocycles. The highest BCUT2D eigenvalue weighted by Crippen LogP contribution is 2.09. The maximum Gasteiger partial charge on any atom is -0.0274 e. The lowest BCUT2D eigenvalue weighted by Crippen LogP contribution is -1.79. The van der Waals surface area contributed by atoms with Crippen LogP contribution in [0, 0.1) is 0 Å². The number of allylic oxidation sites excluding steroid dienone is 1. The van der Waals surface area contributed by atoms with E-state index in [9.17, 15) is 0 Å². The van der Waals surface area contributed by atoms with Gasteiger partial charge in [0.15, 0.2) is 0 Å². The molecule has 0 fully saturated rings. The Hall–Kier alpha value is -0.480. The van der Waals surface area contributed by atoms with E-state index in [0.29, 0.717) is 0 Å². The van der Waals surface area contributed by atoms with Gasteiger partial charge in [-0.3, -0.25) is 0 Å². The van der Waals surface area contributed by atoms with Crippen molar-refractivity contribution in [3.05, 3.63) is 17.9 Å². The number of hydrogen-bond acceptors (Lipinski definition) is 0. The van der Waals surface area contributed by atoms with Crippen LogP contribution in [0.3, 0.4) is 0 Å². The zero-order chi connectivity index (χ0) is 11.9. The second-order valence-corrected chi connectivity index (χ2v) is 4.63. The van der Waals surface area contributed by atoms with Crippen LogP contribution >= 0.6 is 0 Å². The first-order valence-electron chi connectivity index (χ1n) is 7.31. The lowest BCUT2D eigenvalue weighted by atomic mass is 10.1. The average Bonchev–Trinajstić information content (AvgIpc) is 2.31. The zero-order valence-corrected chi connectivity index (χ0v) is 11.4. The summed E-state index contributed by atoms with van der Waals surface area (Å²) in [4.78, 5) is 0. The molecule has 0 bridgehead atoms. The highest BCUT2D eigenvalue weighted by Gasteiger charge is 1.89. The van der Waals surface area contributed by atoms with E-state index in [1.54, 1.807) is 0 Å². The molecule has 0 radical (unpaired) electrons. The van der Waals surface area contributed by atoms with Crippen molar-refractivity contribution in [2.24, 2.45) is 0 Å². The first kappa shape index (κ1) is 15.5. The minimum Gasteiger partial charge on any atom is -0.130 e. The molecule has 0 heteroatoms. The maximum atomic E-state index is 3.26. The highest BCUT2D eigenvalue weighted by molar-refractivity contribution is 4.84. The summed E-state index contributed by atoms with van der Waals surface area (Å²) < 4.78 is 0.